The number of nitrogens with one attached hydrogen (secondary N) is 1. The van der Waals surface area contributed by atoms with Gasteiger partial charge in [0, 0.05) is 11.9 Å². The van der Waals surface area contributed by atoms with Crippen LogP contribution in [0, 0.1) is 0 Å². The molecule has 0 aliphatic rings. The van der Waals surface area contributed by atoms with E-state index in [-0.39, 0.29) is 10.0 Å². The quantitative estimate of drug-likeness (QED) is 0.841. The molecule has 8 heteroatoms. The Balaban J connectivity index is 2.22. The van der Waals surface area contributed by atoms with Crippen molar-refractivity contribution in [3.63, 3.8) is 0 Å². The highest BCUT2D eigenvalue weighted by atomic mass is 35.5. The highest BCUT2D eigenvalue weighted by Crippen LogP contribution is 2.15. The molecule has 3 N–H and O–H groups in total. The molecule has 1 aromatic carbocycles. The first kappa shape index (κ1) is 14.4. The Labute approximate surface area is 120 Å². The first-order valence-electron chi connectivity index (χ1n) is 5.42. The van der Waals surface area contributed by atoms with Gasteiger partial charge in [0.1, 0.15) is 5.15 Å². The molecule has 1 amide bonds. The molecule has 0 saturated heterocycles. The van der Waals surface area contributed by atoms with Crippen LogP contribution < -0.4 is 10.5 Å². The van der Waals surface area contributed by atoms with Crippen LogP contribution in [0.3, 0.4) is 0 Å². The maximum atomic E-state index is 11.9. The SMILES string of the molecule is NS(=O)(=O)c1cccc(NC(=O)c2ccc(Cl)nc2)c1. The maximum absolute atomic E-state index is 11.9. The molecule has 0 aliphatic heterocycles. The Morgan fingerprint density at radius 3 is 2.60 bits per heavy atom. The van der Waals surface area contributed by atoms with E-state index in [0.717, 1.165) is 0 Å². The van der Waals surface area contributed by atoms with Gasteiger partial charge >= 0.3 is 0 Å². The average Bonchev–Trinajstić information content (AvgIpc) is 2.38. The molecular formula is C12H10ClN3O3S. The van der Waals surface area contributed by atoms with Gasteiger partial charge in [0.15, 0.2) is 0 Å². The summed E-state index contributed by atoms with van der Waals surface area (Å²) in [4.78, 5) is 15.6. The lowest BCUT2D eigenvalue weighted by Gasteiger charge is -2.06. The molecule has 1 heterocycles. The Hall–Kier alpha value is -1.96. The fraction of sp³-hybridized carbons (Fsp3) is 0. The van der Waals surface area contributed by atoms with Crippen molar-refractivity contribution in [1.82, 2.24) is 4.98 Å². The first-order valence-corrected chi connectivity index (χ1v) is 7.34. The zero-order chi connectivity index (χ0) is 14.8. The maximum Gasteiger partial charge on any atom is 0.257 e. The van der Waals surface area contributed by atoms with Gasteiger partial charge in [-0.05, 0) is 30.3 Å². The summed E-state index contributed by atoms with van der Waals surface area (Å²) in [5.74, 6) is -0.430. The van der Waals surface area contributed by atoms with E-state index in [1.165, 1.54) is 36.5 Å². The van der Waals surface area contributed by atoms with Crippen LogP contribution in [-0.4, -0.2) is 19.3 Å². The average molecular weight is 312 g/mol. The van der Waals surface area contributed by atoms with Crippen LogP contribution in [0.1, 0.15) is 10.4 Å². The number of pyridine rings is 1. The number of carbonyl (C=O) groups excluding carboxylic acids is 1. The second-order valence-corrected chi connectivity index (χ2v) is 5.85. The molecule has 0 radical (unpaired) electrons. The van der Waals surface area contributed by atoms with Crippen LogP contribution in [0.2, 0.25) is 5.15 Å². The van der Waals surface area contributed by atoms with Crippen molar-refractivity contribution in [3.05, 3.63) is 53.3 Å². The third-order valence-corrected chi connectivity index (χ3v) is 3.54. The Morgan fingerprint density at radius 1 is 1.25 bits per heavy atom. The van der Waals surface area contributed by atoms with E-state index in [9.17, 15) is 13.2 Å². The highest BCUT2D eigenvalue weighted by Gasteiger charge is 2.10. The Bertz CT molecular complexity index is 745. The smallest absolute Gasteiger partial charge is 0.257 e. The third kappa shape index (κ3) is 3.53. The first-order chi connectivity index (χ1) is 9.36. The predicted molar refractivity (Wildman–Crippen MR) is 75.0 cm³/mol. The van der Waals surface area contributed by atoms with Gasteiger partial charge in [-0.15, -0.1) is 0 Å². The van der Waals surface area contributed by atoms with E-state index in [1.54, 1.807) is 6.07 Å². The number of aromatic nitrogens is 1. The number of carbonyl (C=O) groups is 1. The van der Waals surface area contributed by atoms with Gasteiger partial charge in [-0.1, -0.05) is 17.7 Å². The minimum Gasteiger partial charge on any atom is -0.322 e. The summed E-state index contributed by atoms with van der Waals surface area (Å²) in [5, 5.41) is 7.84. The minimum absolute atomic E-state index is 0.0791. The van der Waals surface area contributed by atoms with Crippen molar-refractivity contribution in [1.29, 1.82) is 0 Å². The van der Waals surface area contributed by atoms with E-state index in [0.29, 0.717) is 11.3 Å². The number of hydrogen-bond acceptors (Lipinski definition) is 4. The zero-order valence-electron chi connectivity index (χ0n) is 10.1. The molecule has 0 saturated carbocycles. The number of sulfonamides is 1. The topological polar surface area (TPSA) is 102 Å². The van der Waals surface area contributed by atoms with Crippen molar-refractivity contribution < 1.29 is 13.2 Å². The van der Waals surface area contributed by atoms with Gasteiger partial charge in [-0.3, -0.25) is 4.79 Å². The van der Waals surface area contributed by atoms with Gasteiger partial charge in [-0.2, -0.15) is 0 Å². The summed E-state index contributed by atoms with van der Waals surface area (Å²) in [6.45, 7) is 0. The molecule has 0 atom stereocenters. The van der Waals surface area contributed by atoms with E-state index in [2.05, 4.69) is 10.3 Å². The molecule has 0 bridgehead atoms. The van der Waals surface area contributed by atoms with Crippen LogP contribution >= 0.6 is 11.6 Å². The van der Waals surface area contributed by atoms with E-state index in [1.807, 2.05) is 0 Å². The number of benzene rings is 1. The number of halogens is 1. The van der Waals surface area contributed by atoms with E-state index >= 15 is 0 Å². The summed E-state index contributed by atoms with van der Waals surface area (Å²) in [5.41, 5.74) is 0.617. The van der Waals surface area contributed by atoms with Crippen LogP contribution in [-0.2, 0) is 10.0 Å². The van der Waals surface area contributed by atoms with E-state index < -0.39 is 15.9 Å². The second kappa shape index (κ2) is 5.58. The normalized spacial score (nSPS) is 11.1. The molecule has 0 unspecified atom stereocenters. The summed E-state index contributed by atoms with van der Waals surface area (Å²) < 4.78 is 22.4. The second-order valence-electron chi connectivity index (χ2n) is 3.90. The number of nitrogens with zero attached hydrogens (tertiary/aromatic N) is 1. The monoisotopic (exact) mass is 311 g/mol. The molecule has 0 spiro atoms. The molecule has 2 aromatic rings. The third-order valence-electron chi connectivity index (χ3n) is 2.41. The van der Waals surface area contributed by atoms with Crippen LogP contribution in [0.4, 0.5) is 5.69 Å². The van der Waals surface area contributed by atoms with Crippen molar-refractivity contribution in [2.24, 2.45) is 5.14 Å². The molecular weight excluding hydrogens is 302 g/mol. The van der Waals surface area contributed by atoms with E-state index in [4.69, 9.17) is 16.7 Å². The number of nitrogens with two attached hydrogens (primary N) is 1. The molecule has 20 heavy (non-hydrogen) atoms. The largest absolute Gasteiger partial charge is 0.322 e. The van der Waals surface area contributed by atoms with Gasteiger partial charge < -0.3 is 5.32 Å². The standard InChI is InChI=1S/C12H10ClN3O3S/c13-11-5-4-8(7-15-11)12(17)16-9-2-1-3-10(6-9)20(14,18)19/h1-7H,(H,16,17)(H2,14,18,19). The molecule has 0 fully saturated rings. The lowest BCUT2D eigenvalue weighted by molar-refractivity contribution is 0.102. The molecule has 104 valence electrons. The molecule has 0 aliphatic carbocycles. The number of primary sulfonamides is 1. The zero-order valence-corrected chi connectivity index (χ0v) is 11.6. The van der Waals surface area contributed by atoms with Gasteiger partial charge in [0.25, 0.3) is 5.91 Å². The molecule has 1 aromatic heterocycles. The van der Waals surface area contributed by atoms with Gasteiger partial charge in [0.05, 0.1) is 10.5 Å². The van der Waals surface area contributed by atoms with Crippen LogP contribution in [0.15, 0.2) is 47.5 Å². The van der Waals surface area contributed by atoms with Crippen LogP contribution in [0.25, 0.3) is 0 Å². The molecule has 2 rings (SSSR count). The Morgan fingerprint density at radius 2 is 2.00 bits per heavy atom. The fourth-order valence-corrected chi connectivity index (χ4v) is 2.14. The highest BCUT2D eigenvalue weighted by molar-refractivity contribution is 7.89. The van der Waals surface area contributed by atoms with Crippen molar-refractivity contribution in [3.8, 4) is 0 Å². The Kier molecular flexibility index (Phi) is 4.03. The molecule has 6 nitrogen and oxygen atoms in total. The lowest BCUT2D eigenvalue weighted by Crippen LogP contribution is -2.15. The predicted octanol–water partition coefficient (Wildman–Crippen LogP) is 1.63. The summed E-state index contributed by atoms with van der Waals surface area (Å²) >= 11 is 5.62. The summed E-state index contributed by atoms with van der Waals surface area (Å²) in [6, 6.07) is 8.64. The minimum atomic E-state index is -3.81. The number of amides is 1. The van der Waals surface area contributed by atoms with Crippen molar-refractivity contribution >= 4 is 33.2 Å². The summed E-state index contributed by atoms with van der Waals surface area (Å²) in [7, 11) is -3.81. The van der Waals surface area contributed by atoms with Gasteiger partial charge in [-0.25, -0.2) is 18.5 Å². The number of hydrogen-bond donors (Lipinski definition) is 2. The summed E-state index contributed by atoms with van der Waals surface area (Å²) in [6.07, 6.45) is 1.32. The fourth-order valence-electron chi connectivity index (χ4n) is 1.46. The lowest BCUT2D eigenvalue weighted by atomic mass is 10.2. The van der Waals surface area contributed by atoms with Gasteiger partial charge in [0.2, 0.25) is 10.0 Å². The van der Waals surface area contributed by atoms with Crippen LogP contribution in [0.5, 0.6) is 0 Å². The van der Waals surface area contributed by atoms with Crippen molar-refractivity contribution in [2.75, 3.05) is 5.32 Å². The van der Waals surface area contributed by atoms with Crippen molar-refractivity contribution in [2.45, 2.75) is 4.90 Å². The number of anilines is 1. The number of rotatable bonds is 3.